The second kappa shape index (κ2) is 9.19. The van der Waals surface area contributed by atoms with Gasteiger partial charge in [-0.3, -0.25) is 9.89 Å². The van der Waals surface area contributed by atoms with Crippen LogP contribution in [0.25, 0.3) is 17.0 Å². The first-order chi connectivity index (χ1) is 16.6. The van der Waals surface area contributed by atoms with Gasteiger partial charge in [-0.25, -0.2) is 9.97 Å². The number of aromatic amines is 1. The molecule has 0 fully saturated rings. The summed E-state index contributed by atoms with van der Waals surface area (Å²) >= 11 is 0. The zero-order chi connectivity index (χ0) is 23.5. The molecule has 0 aliphatic heterocycles. The van der Waals surface area contributed by atoms with Crippen LogP contribution in [0.15, 0.2) is 79.1 Å². The van der Waals surface area contributed by atoms with Crippen LogP contribution in [-0.4, -0.2) is 30.5 Å². The van der Waals surface area contributed by atoms with Crippen molar-refractivity contribution in [3.63, 3.8) is 0 Å². The number of anilines is 1. The van der Waals surface area contributed by atoms with Crippen LogP contribution < -0.4 is 10.1 Å². The number of hydrogen-bond acceptors (Lipinski definition) is 5. The average molecular weight is 453 g/mol. The van der Waals surface area contributed by atoms with Crippen LogP contribution in [0.3, 0.4) is 0 Å². The predicted molar refractivity (Wildman–Crippen MR) is 130 cm³/mol. The van der Waals surface area contributed by atoms with Crippen molar-refractivity contribution in [3.8, 4) is 17.1 Å². The van der Waals surface area contributed by atoms with E-state index in [1.807, 2.05) is 79.2 Å². The largest absolute Gasteiger partial charge is 0.487 e. The molecule has 0 unspecified atom stereocenters. The van der Waals surface area contributed by atoms with Crippen LogP contribution in [-0.2, 0) is 6.61 Å². The van der Waals surface area contributed by atoms with Crippen molar-refractivity contribution >= 4 is 17.2 Å². The van der Waals surface area contributed by atoms with E-state index in [9.17, 15) is 4.79 Å². The maximum atomic E-state index is 13.0. The van der Waals surface area contributed by atoms with Gasteiger partial charge in [-0.05, 0) is 42.5 Å². The van der Waals surface area contributed by atoms with Gasteiger partial charge in [-0.15, -0.1) is 0 Å². The highest BCUT2D eigenvalue weighted by Gasteiger charge is 2.15. The van der Waals surface area contributed by atoms with Gasteiger partial charge in [0.1, 0.15) is 23.8 Å². The average Bonchev–Trinajstić information content (AvgIpc) is 3.51. The Morgan fingerprint density at radius 3 is 2.74 bits per heavy atom. The molecule has 8 nitrogen and oxygen atoms in total. The molecule has 34 heavy (non-hydrogen) atoms. The highest BCUT2D eigenvalue weighted by molar-refractivity contribution is 6.06. The van der Waals surface area contributed by atoms with Gasteiger partial charge < -0.3 is 14.5 Å². The molecule has 0 atom stereocenters. The number of imidazole rings is 1. The number of hydrogen-bond donors (Lipinski definition) is 2. The third-order valence-corrected chi connectivity index (χ3v) is 5.36. The number of rotatable bonds is 7. The van der Waals surface area contributed by atoms with E-state index in [0.29, 0.717) is 29.4 Å². The van der Waals surface area contributed by atoms with E-state index in [0.717, 1.165) is 22.7 Å². The number of amides is 1. The number of pyridine rings is 1. The molecule has 0 saturated heterocycles. The van der Waals surface area contributed by atoms with Crippen molar-refractivity contribution in [2.45, 2.75) is 26.4 Å². The molecular formula is C26H24N6O2. The summed E-state index contributed by atoms with van der Waals surface area (Å²) in [6.45, 7) is 4.39. The molecule has 0 spiro atoms. The maximum absolute atomic E-state index is 13.0. The SMILES string of the molecule is CC(C)c1nc(-c2ccccc2NC(=O)c2cccc(OCc3cn4ccccc4n3)c2)n[nH]1. The molecule has 0 radical (unpaired) electrons. The number of nitrogens with one attached hydrogen (secondary N) is 2. The minimum Gasteiger partial charge on any atom is -0.487 e. The Morgan fingerprint density at radius 2 is 1.91 bits per heavy atom. The smallest absolute Gasteiger partial charge is 0.255 e. The van der Waals surface area contributed by atoms with Gasteiger partial charge in [0.15, 0.2) is 5.82 Å². The molecule has 5 aromatic rings. The molecule has 2 aromatic carbocycles. The van der Waals surface area contributed by atoms with Crippen LogP contribution in [0.5, 0.6) is 5.75 Å². The lowest BCUT2D eigenvalue weighted by molar-refractivity contribution is 0.102. The fourth-order valence-electron chi connectivity index (χ4n) is 3.58. The first kappa shape index (κ1) is 21.4. The van der Waals surface area contributed by atoms with E-state index in [2.05, 4.69) is 25.5 Å². The van der Waals surface area contributed by atoms with Gasteiger partial charge in [0.2, 0.25) is 0 Å². The van der Waals surface area contributed by atoms with E-state index in [1.54, 1.807) is 18.2 Å². The van der Waals surface area contributed by atoms with Crippen LogP contribution in [0.2, 0.25) is 0 Å². The van der Waals surface area contributed by atoms with Gasteiger partial charge in [0.25, 0.3) is 5.91 Å². The Bertz CT molecular complexity index is 1420. The summed E-state index contributed by atoms with van der Waals surface area (Å²) in [6.07, 6.45) is 3.87. The molecular weight excluding hydrogens is 428 g/mol. The Labute approximate surface area is 196 Å². The molecule has 0 saturated carbocycles. The number of aromatic nitrogens is 5. The summed E-state index contributed by atoms with van der Waals surface area (Å²) in [4.78, 5) is 22.1. The van der Waals surface area contributed by atoms with Gasteiger partial charge in [-0.1, -0.05) is 38.1 Å². The first-order valence-electron chi connectivity index (χ1n) is 11.1. The van der Waals surface area contributed by atoms with Gasteiger partial charge >= 0.3 is 0 Å². The fourth-order valence-corrected chi connectivity index (χ4v) is 3.58. The highest BCUT2D eigenvalue weighted by atomic mass is 16.5. The molecule has 2 N–H and O–H groups in total. The zero-order valence-electron chi connectivity index (χ0n) is 18.9. The summed E-state index contributed by atoms with van der Waals surface area (Å²) in [7, 11) is 0. The standard InChI is InChI=1S/C26H24N6O2/c1-17(2)24-29-25(31-30-24)21-10-3-4-11-22(21)28-26(33)18-8-7-9-20(14-18)34-16-19-15-32-13-6-5-12-23(32)27-19/h3-15,17H,16H2,1-2H3,(H,28,33)(H,29,30,31). The van der Waals surface area contributed by atoms with Crippen molar-refractivity contribution in [2.75, 3.05) is 5.32 Å². The number of carbonyl (C=O) groups is 1. The second-order valence-corrected chi connectivity index (χ2v) is 8.21. The fraction of sp³-hybridized carbons (Fsp3) is 0.154. The number of fused-ring (bicyclic) bond motifs is 1. The summed E-state index contributed by atoms with van der Waals surface area (Å²) in [5.74, 6) is 1.92. The van der Waals surface area contributed by atoms with E-state index in [-0.39, 0.29) is 11.8 Å². The van der Waals surface area contributed by atoms with Crippen LogP contribution in [0.1, 0.15) is 41.6 Å². The molecule has 0 bridgehead atoms. The Balaban J connectivity index is 1.30. The van der Waals surface area contributed by atoms with Crippen LogP contribution >= 0.6 is 0 Å². The summed E-state index contributed by atoms with van der Waals surface area (Å²) in [5, 5.41) is 10.3. The maximum Gasteiger partial charge on any atom is 0.255 e. The number of carbonyl (C=O) groups excluding carboxylic acids is 1. The molecule has 3 aromatic heterocycles. The van der Waals surface area contributed by atoms with Gasteiger partial charge in [0, 0.05) is 29.4 Å². The summed E-state index contributed by atoms with van der Waals surface area (Å²) in [6, 6.07) is 20.4. The van der Waals surface area contributed by atoms with Crippen molar-refractivity contribution < 1.29 is 9.53 Å². The number of nitrogens with zero attached hydrogens (tertiary/aromatic N) is 4. The van der Waals surface area contributed by atoms with Crippen molar-refractivity contribution in [1.29, 1.82) is 0 Å². The van der Waals surface area contributed by atoms with Crippen LogP contribution in [0.4, 0.5) is 5.69 Å². The van der Waals surface area contributed by atoms with E-state index >= 15 is 0 Å². The van der Waals surface area contributed by atoms with Crippen molar-refractivity contribution in [2.24, 2.45) is 0 Å². The Morgan fingerprint density at radius 1 is 1.06 bits per heavy atom. The monoisotopic (exact) mass is 452 g/mol. The van der Waals surface area contributed by atoms with E-state index in [4.69, 9.17) is 4.74 Å². The zero-order valence-corrected chi connectivity index (χ0v) is 18.9. The van der Waals surface area contributed by atoms with E-state index < -0.39 is 0 Å². The number of H-pyrrole nitrogens is 1. The highest BCUT2D eigenvalue weighted by Crippen LogP contribution is 2.27. The van der Waals surface area contributed by atoms with E-state index in [1.165, 1.54) is 0 Å². The quantitative estimate of drug-likeness (QED) is 0.359. The Hall–Kier alpha value is -4.46. The lowest BCUT2D eigenvalue weighted by Crippen LogP contribution is -2.13. The minimum absolute atomic E-state index is 0.228. The lowest BCUT2D eigenvalue weighted by Gasteiger charge is -2.10. The molecule has 3 heterocycles. The molecule has 0 aliphatic carbocycles. The molecule has 1 amide bonds. The van der Waals surface area contributed by atoms with Crippen molar-refractivity contribution in [3.05, 3.63) is 96.2 Å². The number of ether oxygens (including phenoxy) is 1. The third kappa shape index (κ3) is 4.52. The lowest BCUT2D eigenvalue weighted by atomic mass is 10.1. The summed E-state index contributed by atoms with van der Waals surface area (Å²) in [5.41, 5.74) is 3.54. The van der Waals surface area contributed by atoms with Crippen LogP contribution in [0, 0.1) is 0 Å². The van der Waals surface area contributed by atoms with Gasteiger partial charge in [0.05, 0.1) is 11.4 Å². The van der Waals surface area contributed by atoms with Gasteiger partial charge in [-0.2, -0.15) is 5.10 Å². The normalized spacial score (nSPS) is 11.1. The summed E-state index contributed by atoms with van der Waals surface area (Å²) < 4.78 is 7.84. The first-order valence-corrected chi connectivity index (χ1v) is 11.1. The van der Waals surface area contributed by atoms with Crippen molar-refractivity contribution in [1.82, 2.24) is 24.6 Å². The molecule has 170 valence electrons. The number of benzene rings is 2. The Kier molecular flexibility index (Phi) is 5.78. The second-order valence-electron chi connectivity index (χ2n) is 8.21. The topological polar surface area (TPSA) is 97.2 Å². The third-order valence-electron chi connectivity index (χ3n) is 5.36. The predicted octanol–water partition coefficient (Wildman–Crippen LogP) is 5.07. The number of para-hydroxylation sites is 1. The molecule has 5 rings (SSSR count). The minimum atomic E-state index is -0.245. The molecule has 8 heteroatoms. The molecule has 0 aliphatic rings.